The number of hydrogen-bond acceptors (Lipinski definition) is 2. The molecule has 1 rings (SSSR count). The normalized spacial score (nSPS) is 30.3. The molecule has 3 nitrogen and oxygen atoms in total. The summed E-state index contributed by atoms with van der Waals surface area (Å²) in [5, 5.41) is 0. The van der Waals surface area contributed by atoms with Crippen LogP contribution in [0.2, 0.25) is 0 Å². The third-order valence-corrected chi connectivity index (χ3v) is 4.19. The van der Waals surface area contributed by atoms with Crippen LogP contribution in [0.3, 0.4) is 0 Å². The highest BCUT2D eigenvalue weighted by molar-refractivity contribution is 7.89. The van der Waals surface area contributed by atoms with Gasteiger partial charge in [0.2, 0.25) is 10.0 Å². The van der Waals surface area contributed by atoms with Crippen molar-refractivity contribution < 1.29 is 8.42 Å². The van der Waals surface area contributed by atoms with Gasteiger partial charge in [0.25, 0.3) is 0 Å². The minimum atomic E-state index is -2.99. The van der Waals surface area contributed by atoms with Gasteiger partial charge in [-0.15, -0.1) is 0 Å². The summed E-state index contributed by atoms with van der Waals surface area (Å²) in [6.45, 7) is 3.90. The van der Waals surface area contributed by atoms with Crippen molar-refractivity contribution in [2.75, 3.05) is 5.75 Å². The Morgan fingerprint density at radius 3 is 2.23 bits per heavy atom. The molecule has 0 saturated heterocycles. The van der Waals surface area contributed by atoms with Gasteiger partial charge in [-0.3, -0.25) is 0 Å². The third-order valence-electron chi connectivity index (χ3n) is 2.74. The summed E-state index contributed by atoms with van der Waals surface area (Å²) in [4.78, 5) is 0. The monoisotopic (exact) mass is 205 g/mol. The summed E-state index contributed by atoms with van der Waals surface area (Å²) in [5.41, 5.74) is 0. The largest absolute Gasteiger partial charge is 0.212 e. The van der Waals surface area contributed by atoms with E-state index in [0.717, 1.165) is 31.6 Å². The number of nitrogens with one attached hydrogen (secondary N) is 1. The van der Waals surface area contributed by atoms with Crippen LogP contribution >= 0.6 is 0 Å². The van der Waals surface area contributed by atoms with Crippen LogP contribution in [0.25, 0.3) is 0 Å². The fourth-order valence-corrected chi connectivity index (χ4v) is 2.63. The van der Waals surface area contributed by atoms with Gasteiger partial charge in [0.05, 0.1) is 5.75 Å². The SMILES string of the molecule is CCS(=O)(=O)NC1CCC(C)CC1. The standard InChI is InChI=1S/C9H19NO2S/c1-3-13(11,12)10-9-6-4-8(2)5-7-9/h8-10H,3-7H2,1-2H3. The molecule has 1 N–H and O–H groups in total. The molecule has 1 aliphatic carbocycles. The van der Waals surface area contributed by atoms with E-state index in [0.29, 0.717) is 0 Å². The third kappa shape index (κ3) is 3.65. The van der Waals surface area contributed by atoms with Crippen molar-refractivity contribution in [1.29, 1.82) is 0 Å². The Labute approximate surface area is 81.0 Å². The lowest BCUT2D eigenvalue weighted by atomic mass is 9.88. The van der Waals surface area contributed by atoms with Crippen LogP contribution in [0.4, 0.5) is 0 Å². The Kier molecular flexibility index (Phi) is 3.74. The van der Waals surface area contributed by atoms with Crippen LogP contribution in [-0.4, -0.2) is 20.2 Å². The summed E-state index contributed by atoms with van der Waals surface area (Å²) >= 11 is 0. The van der Waals surface area contributed by atoms with Gasteiger partial charge in [-0.05, 0) is 38.5 Å². The second-order valence-corrected chi connectivity index (χ2v) is 6.02. The highest BCUT2D eigenvalue weighted by atomic mass is 32.2. The molecule has 1 fully saturated rings. The predicted molar refractivity (Wildman–Crippen MR) is 54.0 cm³/mol. The Morgan fingerprint density at radius 2 is 1.77 bits per heavy atom. The lowest BCUT2D eigenvalue weighted by Crippen LogP contribution is -2.38. The second-order valence-electron chi connectivity index (χ2n) is 3.98. The van der Waals surface area contributed by atoms with Gasteiger partial charge in [0.15, 0.2) is 0 Å². The van der Waals surface area contributed by atoms with Crippen LogP contribution in [-0.2, 0) is 10.0 Å². The minimum Gasteiger partial charge on any atom is -0.212 e. The summed E-state index contributed by atoms with van der Waals surface area (Å²) in [7, 11) is -2.99. The van der Waals surface area contributed by atoms with E-state index in [-0.39, 0.29) is 11.8 Å². The molecular weight excluding hydrogens is 186 g/mol. The van der Waals surface area contributed by atoms with Crippen molar-refractivity contribution in [2.45, 2.75) is 45.6 Å². The van der Waals surface area contributed by atoms with Crippen LogP contribution in [0.5, 0.6) is 0 Å². The quantitative estimate of drug-likeness (QED) is 0.759. The van der Waals surface area contributed by atoms with Gasteiger partial charge in [-0.1, -0.05) is 6.92 Å². The molecule has 1 aliphatic rings. The molecule has 0 aliphatic heterocycles. The highest BCUT2D eigenvalue weighted by Crippen LogP contribution is 2.23. The van der Waals surface area contributed by atoms with Gasteiger partial charge in [0.1, 0.15) is 0 Å². The number of hydrogen-bond donors (Lipinski definition) is 1. The van der Waals surface area contributed by atoms with Gasteiger partial charge in [0, 0.05) is 6.04 Å². The lowest BCUT2D eigenvalue weighted by Gasteiger charge is -2.26. The molecule has 0 aromatic rings. The highest BCUT2D eigenvalue weighted by Gasteiger charge is 2.21. The number of sulfonamides is 1. The summed E-state index contributed by atoms with van der Waals surface area (Å²) in [5.74, 6) is 0.960. The van der Waals surface area contributed by atoms with E-state index in [1.807, 2.05) is 0 Å². The fraction of sp³-hybridized carbons (Fsp3) is 1.00. The van der Waals surface area contributed by atoms with Crippen molar-refractivity contribution in [2.24, 2.45) is 5.92 Å². The maximum Gasteiger partial charge on any atom is 0.211 e. The first-order chi connectivity index (χ1) is 6.03. The zero-order valence-electron chi connectivity index (χ0n) is 8.41. The van der Waals surface area contributed by atoms with Crippen LogP contribution in [0, 0.1) is 5.92 Å². The van der Waals surface area contributed by atoms with E-state index in [4.69, 9.17) is 0 Å². The zero-order valence-corrected chi connectivity index (χ0v) is 9.23. The van der Waals surface area contributed by atoms with E-state index in [2.05, 4.69) is 11.6 Å². The van der Waals surface area contributed by atoms with E-state index < -0.39 is 10.0 Å². The first-order valence-corrected chi connectivity index (χ1v) is 6.68. The molecule has 0 amide bonds. The average molecular weight is 205 g/mol. The Morgan fingerprint density at radius 1 is 1.23 bits per heavy atom. The molecule has 1 saturated carbocycles. The van der Waals surface area contributed by atoms with Crippen molar-refractivity contribution in [3.8, 4) is 0 Å². The Bertz CT molecular complexity index is 240. The minimum absolute atomic E-state index is 0.194. The summed E-state index contributed by atoms with van der Waals surface area (Å²) < 4.78 is 25.2. The van der Waals surface area contributed by atoms with Crippen molar-refractivity contribution in [1.82, 2.24) is 4.72 Å². The molecule has 4 heteroatoms. The molecule has 0 spiro atoms. The fourth-order valence-electron chi connectivity index (χ4n) is 1.72. The lowest BCUT2D eigenvalue weighted by molar-refractivity contribution is 0.332. The van der Waals surface area contributed by atoms with Gasteiger partial charge < -0.3 is 0 Å². The first-order valence-electron chi connectivity index (χ1n) is 5.03. The van der Waals surface area contributed by atoms with E-state index in [9.17, 15) is 8.42 Å². The van der Waals surface area contributed by atoms with E-state index in [1.54, 1.807) is 6.92 Å². The van der Waals surface area contributed by atoms with Crippen molar-refractivity contribution in [3.63, 3.8) is 0 Å². The van der Waals surface area contributed by atoms with Crippen LogP contribution in [0.15, 0.2) is 0 Å². The maximum absolute atomic E-state index is 11.2. The summed E-state index contributed by atoms with van der Waals surface area (Å²) in [6, 6.07) is 0.196. The molecule has 13 heavy (non-hydrogen) atoms. The van der Waals surface area contributed by atoms with Crippen molar-refractivity contribution in [3.05, 3.63) is 0 Å². The first kappa shape index (κ1) is 11.0. The van der Waals surface area contributed by atoms with E-state index >= 15 is 0 Å². The van der Waals surface area contributed by atoms with Gasteiger partial charge in [-0.25, -0.2) is 13.1 Å². The molecule has 0 atom stereocenters. The van der Waals surface area contributed by atoms with Crippen LogP contribution in [0.1, 0.15) is 39.5 Å². The number of rotatable bonds is 3. The average Bonchev–Trinajstić information content (AvgIpc) is 2.09. The second kappa shape index (κ2) is 4.42. The molecule has 0 heterocycles. The molecule has 78 valence electrons. The maximum atomic E-state index is 11.2. The van der Waals surface area contributed by atoms with Crippen LogP contribution < -0.4 is 4.72 Å². The molecule has 0 radical (unpaired) electrons. The molecule has 0 bridgehead atoms. The Balaban J connectivity index is 2.39. The van der Waals surface area contributed by atoms with Crippen molar-refractivity contribution >= 4 is 10.0 Å². The molecular formula is C9H19NO2S. The molecule has 0 aromatic carbocycles. The predicted octanol–water partition coefficient (Wildman–Crippen LogP) is 1.50. The molecule has 0 unspecified atom stereocenters. The topological polar surface area (TPSA) is 46.2 Å². The zero-order chi connectivity index (χ0) is 9.90. The Hall–Kier alpha value is -0.0900. The van der Waals surface area contributed by atoms with Gasteiger partial charge >= 0.3 is 0 Å². The summed E-state index contributed by atoms with van der Waals surface area (Å²) in [6.07, 6.45) is 4.30. The van der Waals surface area contributed by atoms with Gasteiger partial charge in [-0.2, -0.15) is 0 Å². The smallest absolute Gasteiger partial charge is 0.211 e. The van der Waals surface area contributed by atoms with E-state index in [1.165, 1.54) is 0 Å². The molecule has 0 aromatic heterocycles.